The number of halogens is 2. The Morgan fingerprint density at radius 2 is 1.88 bits per heavy atom. The molecule has 0 N–H and O–H groups in total. The van der Waals surface area contributed by atoms with Gasteiger partial charge in [0.1, 0.15) is 11.9 Å². The number of esters is 1. The first kappa shape index (κ1) is 16.8. The minimum atomic E-state index is -2.95. The molecule has 0 fully saturated rings. The van der Waals surface area contributed by atoms with Crippen LogP contribution in [-0.2, 0) is 4.74 Å². The van der Waals surface area contributed by atoms with Gasteiger partial charge in [-0.3, -0.25) is 4.98 Å². The van der Waals surface area contributed by atoms with Crippen LogP contribution in [-0.4, -0.2) is 17.6 Å². The molecule has 0 bridgehead atoms. The Hall–Kier alpha value is -3.02. The zero-order valence-corrected chi connectivity index (χ0v) is 13.4. The highest BCUT2D eigenvalue weighted by atomic mass is 19.3. The molecule has 0 aliphatic carbocycles. The molecule has 0 aliphatic heterocycles. The highest BCUT2D eigenvalue weighted by Gasteiger charge is 2.16. The largest absolute Gasteiger partial charge is 0.454 e. The fourth-order valence-electron chi connectivity index (χ4n) is 2.41. The molecule has 1 aromatic heterocycles. The lowest BCUT2D eigenvalue weighted by Gasteiger charge is -2.14. The van der Waals surface area contributed by atoms with Crippen LogP contribution < -0.4 is 4.74 Å². The van der Waals surface area contributed by atoms with Crippen LogP contribution in [0.5, 0.6) is 5.75 Å². The number of carbonyl (C=O) groups is 1. The summed E-state index contributed by atoms with van der Waals surface area (Å²) < 4.78 is 34.2. The predicted molar refractivity (Wildman–Crippen MR) is 88.6 cm³/mol. The van der Waals surface area contributed by atoms with Gasteiger partial charge in [0.05, 0.1) is 11.1 Å². The number of alkyl halides is 2. The van der Waals surface area contributed by atoms with E-state index >= 15 is 0 Å². The fraction of sp³-hybridized carbons (Fsp3) is 0.158. The lowest BCUT2D eigenvalue weighted by atomic mass is 10.1. The molecule has 0 saturated carbocycles. The first-order valence-corrected chi connectivity index (χ1v) is 7.63. The van der Waals surface area contributed by atoms with Gasteiger partial charge in [-0.2, -0.15) is 8.78 Å². The second kappa shape index (κ2) is 7.25. The average Bonchev–Trinajstić information content (AvgIpc) is 2.61. The van der Waals surface area contributed by atoms with E-state index < -0.39 is 18.7 Å². The standard InChI is InChI=1S/C19H15F2NO3/c1-12(15-9-13-5-2-3-8-17(13)22-11-15)24-18(23)14-6-4-7-16(10-14)25-19(20)21/h2-12,19H,1H3. The first-order chi connectivity index (χ1) is 12.0. The van der Waals surface area contributed by atoms with Crippen LogP contribution in [0.25, 0.3) is 10.9 Å². The second-order valence-corrected chi connectivity index (χ2v) is 5.42. The molecule has 0 amide bonds. The topological polar surface area (TPSA) is 48.4 Å². The number of rotatable bonds is 5. The van der Waals surface area contributed by atoms with E-state index in [1.807, 2.05) is 30.3 Å². The Labute approximate surface area is 143 Å². The number of pyridine rings is 1. The van der Waals surface area contributed by atoms with Gasteiger partial charge >= 0.3 is 12.6 Å². The molecule has 1 atom stereocenters. The number of benzene rings is 2. The highest BCUT2D eigenvalue weighted by molar-refractivity contribution is 5.90. The van der Waals surface area contributed by atoms with Crippen LogP contribution in [0.3, 0.4) is 0 Å². The Balaban J connectivity index is 1.75. The van der Waals surface area contributed by atoms with Crippen LogP contribution >= 0.6 is 0 Å². The van der Waals surface area contributed by atoms with E-state index in [0.29, 0.717) is 0 Å². The van der Waals surface area contributed by atoms with Crippen molar-refractivity contribution in [3.8, 4) is 5.75 Å². The third-order valence-electron chi connectivity index (χ3n) is 3.66. The minimum absolute atomic E-state index is 0.0931. The average molecular weight is 343 g/mol. The van der Waals surface area contributed by atoms with Crippen molar-refractivity contribution >= 4 is 16.9 Å². The molecule has 0 aliphatic rings. The predicted octanol–water partition coefficient (Wildman–Crippen LogP) is 4.75. The van der Waals surface area contributed by atoms with Crippen molar-refractivity contribution in [3.63, 3.8) is 0 Å². The van der Waals surface area contributed by atoms with Gasteiger partial charge < -0.3 is 9.47 Å². The molecule has 2 aromatic carbocycles. The van der Waals surface area contributed by atoms with Gasteiger partial charge in [-0.25, -0.2) is 4.79 Å². The number of aromatic nitrogens is 1. The smallest absolute Gasteiger partial charge is 0.387 e. The molecule has 3 rings (SSSR count). The molecule has 0 radical (unpaired) electrons. The third kappa shape index (κ3) is 4.09. The van der Waals surface area contributed by atoms with Crippen molar-refractivity contribution in [3.05, 3.63) is 71.9 Å². The second-order valence-electron chi connectivity index (χ2n) is 5.42. The summed E-state index contributed by atoms with van der Waals surface area (Å²) in [5.41, 5.74) is 1.73. The summed E-state index contributed by atoms with van der Waals surface area (Å²) >= 11 is 0. The SMILES string of the molecule is CC(OC(=O)c1cccc(OC(F)F)c1)c1cnc2ccccc2c1. The van der Waals surface area contributed by atoms with Crippen molar-refractivity contribution in [1.29, 1.82) is 0 Å². The maximum atomic E-state index is 12.3. The summed E-state index contributed by atoms with van der Waals surface area (Å²) in [7, 11) is 0. The monoisotopic (exact) mass is 343 g/mol. The van der Waals surface area contributed by atoms with Gasteiger partial charge in [0.2, 0.25) is 0 Å². The summed E-state index contributed by atoms with van der Waals surface area (Å²) in [5.74, 6) is -0.718. The van der Waals surface area contributed by atoms with Crippen LogP contribution in [0.1, 0.15) is 28.9 Å². The molecular formula is C19H15F2NO3. The molecule has 1 unspecified atom stereocenters. The molecule has 25 heavy (non-hydrogen) atoms. The number of hydrogen-bond donors (Lipinski definition) is 0. The zero-order chi connectivity index (χ0) is 17.8. The van der Waals surface area contributed by atoms with E-state index in [1.54, 1.807) is 13.1 Å². The third-order valence-corrected chi connectivity index (χ3v) is 3.66. The zero-order valence-electron chi connectivity index (χ0n) is 13.4. The van der Waals surface area contributed by atoms with E-state index in [2.05, 4.69) is 9.72 Å². The van der Waals surface area contributed by atoms with Crippen LogP contribution in [0.2, 0.25) is 0 Å². The number of ether oxygens (including phenoxy) is 2. The Kier molecular flexibility index (Phi) is 4.88. The summed E-state index contributed by atoms with van der Waals surface area (Å²) in [6.07, 6.45) is 1.11. The van der Waals surface area contributed by atoms with Gasteiger partial charge in [0, 0.05) is 17.1 Å². The number of carbonyl (C=O) groups excluding carboxylic acids is 1. The van der Waals surface area contributed by atoms with E-state index in [-0.39, 0.29) is 11.3 Å². The van der Waals surface area contributed by atoms with Gasteiger partial charge in [0.25, 0.3) is 0 Å². The summed E-state index contributed by atoms with van der Waals surface area (Å²) in [6, 6.07) is 15.0. The maximum absolute atomic E-state index is 12.3. The Bertz CT molecular complexity index is 898. The Morgan fingerprint density at radius 1 is 1.08 bits per heavy atom. The van der Waals surface area contributed by atoms with E-state index in [9.17, 15) is 13.6 Å². The number of para-hydroxylation sites is 1. The van der Waals surface area contributed by atoms with Crippen molar-refractivity contribution < 1.29 is 23.0 Å². The van der Waals surface area contributed by atoms with Crippen LogP contribution in [0, 0.1) is 0 Å². The number of hydrogen-bond acceptors (Lipinski definition) is 4. The van der Waals surface area contributed by atoms with Gasteiger partial charge in [-0.05, 0) is 37.3 Å². The number of fused-ring (bicyclic) bond motifs is 1. The quantitative estimate of drug-likeness (QED) is 0.627. The van der Waals surface area contributed by atoms with Crippen molar-refractivity contribution in [2.24, 2.45) is 0 Å². The normalized spacial score (nSPS) is 12.2. The van der Waals surface area contributed by atoms with Gasteiger partial charge in [0.15, 0.2) is 0 Å². The van der Waals surface area contributed by atoms with Crippen LogP contribution in [0.4, 0.5) is 8.78 Å². The van der Waals surface area contributed by atoms with Crippen molar-refractivity contribution in [1.82, 2.24) is 4.98 Å². The maximum Gasteiger partial charge on any atom is 0.387 e. The number of nitrogens with zero attached hydrogens (tertiary/aromatic N) is 1. The van der Waals surface area contributed by atoms with Crippen LogP contribution in [0.15, 0.2) is 60.8 Å². The molecule has 1 heterocycles. The summed E-state index contributed by atoms with van der Waals surface area (Å²) in [6.45, 7) is -1.22. The molecule has 0 saturated heterocycles. The summed E-state index contributed by atoms with van der Waals surface area (Å²) in [4.78, 5) is 16.6. The van der Waals surface area contributed by atoms with E-state index in [0.717, 1.165) is 16.5 Å². The molecular weight excluding hydrogens is 328 g/mol. The van der Waals surface area contributed by atoms with Gasteiger partial charge in [-0.15, -0.1) is 0 Å². The van der Waals surface area contributed by atoms with E-state index in [1.165, 1.54) is 24.3 Å². The summed E-state index contributed by atoms with van der Waals surface area (Å²) in [5, 5.41) is 0.940. The Morgan fingerprint density at radius 3 is 2.68 bits per heavy atom. The molecule has 4 nitrogen and oxygen atoms in total. The van der Waals surface area contributed by atoms with Gasteiger partial charge in [-0.1, -0.05) is 24.3 Å². The molecule has 0 spiro atoms. The minimum Gasteiger partial charge on any atom is -0.454 e. The fourth-order valence-corrected chi connectivity index (χ4v) is 2.41. The lowest BCUT2D eigenvalue weighted by Crippen LogP contribution is -2.10. The van der Waals surface area contributed by atoms with E-state index in [4.69, 9.17) is 4.74 Å². The lowest BCUT2D eigenvalue weighted by molar-refractivity contribution is -0.0499. The highest BCUT2D eigenvalue weighted by Crippen LogP contribution is 2.23. The van der Waals surface area contributed by atoms with Crippen molar-refractivity contribution in [2.45, 2.75) is 19.6 Å². The molecule has 6 heteroatoms. The molecule has 3 aromatic rings. The van der Waals surface area contributed by atoms with Crippen molar-refractivity contribution in [2.75, 3.05) is 0 Å². The molecule has 128 valence electrons. The first-order valence-electron chi connectivity index (χ1n) is 7.63.